The molecule has 0 amide bonds. The summed E-state index contributed by atoms with van der Waals surface area (Å²) in [7, 11) is 0. The van der Waals surface area contributed by atoms with Crippen molar-refractivity contribution in [3.05, 3.63) is 98.8 Å². The molecule has 0 unspecified atom stereocenters. The van der Waals surface area contributed by atoms with Crippen molar-refractivity contribution in [2.75, 3.05) is 0 Å². The molecular formula is C24H18N4O6. The van der Waals surface area contributed by atoms with Crippen LogP contribution < -0.4 is 10.3 Å². The Balaban J connectivity index is 1.89. The molecule has 3 aromatic carbocycles. The molecule has 34 heavy (non-hydrogen) atoms. The number of fused-ring (bicyclic) bond motifs is 1. The van der Waals surface area contributed by atoms with Crippen LogP contribution in [0.4, 0.5) is 5.69 Å². The molecule has 0 aliphatic rings. The highest BCUT2D eigenvalue weighted by molar-refractivity contribution is 5.86. The van der Waals surface area contributed by atoms with Crippen molar-refractivity contribution in [2.45, 2.75) is 13.0 Å². The summed E-state index contributed by atoms with van der Waals surface area (Å²) in [6.45, 7) is 1.33. The third-order valence-corrected chi connectivity index (χ3v) is 4.95. The van der Waals surface area contributed by atoms with E-state index in [4.69, 9.17) is 9.84 Å². The second kappa shape index (κ2) is 9.33. The number of aromatic nitrogens is 2. The number of carboxylic acid groups (broad SMARTS) is 1. The number of nitro benzene ring substituents is 1. The maximum Gasteiger partial charge on any atom is 0.344 e. The number of non-ortho nitro benzene ring substituents is 1. The standard InChI is InChI=1S/C24H18N4O6/c1-15(24(30)31)34-21-12-11-18(28(32)33)13-17(21)14-25-27-22(16-7-3-2-4-8-16)26-20-10-6-5-9-19(20)23(27)29/h2-15H,1H3,(H,30,31)/t15-/m0/s1. The molecule has 10 heteroatoms. The van der Waals surface area contributed by atoms with Crippen LogP contribution in [0, 0.1) is 10.1 Å². The fourth-order valence-electron chi connectivity index (χ4n) is 3.22. The van der Waals surface area contributed by atoms with Gasteiger partial charge in [0.1, 0.15) is 5.75 Å². The molecule has 1 aromatic heterocycles. The number of nitro groups is 1. The zero-order chi connectivity index (χ0) is 24.2. The summed E-state index contributed by atoms with van der Waals surface area (Å²) in [6, 6.07) is 19.5. The predicted octanol–water partition coefficient (Wildman–Crippen LogP) is 3.71. The lowest BCUT2D eigenvalue weighted by atomic mass is 10.2. The predicted molar refractivity (Wildman–Crippen MR) is 125 cm³/mol. The molecule has 0 bridgehead atoms. The third kappa shape index (κ3) is 4.51. The molecule has 0 saturated heterocycles. The number of aliphatic carboxylic acids is 1. The van der Waals surface area contributed by atoms with Gasteiger partial charge in [-0.25, -0.2) is 9.78 Å². The van der Waals surface area contributed by atoms with Crippen LogP contribution in [-0.4, -0.2) is 38.0 Å². The summed E-state index contributed by atoms with van der Waals surface area (Å²) < 4.78 is 6.53. The highest BCUT2D eigenvalue weighted by Crippen LogP contribution is 2.25. The average molecular weight is 458 g/mol. The van der Waals surface area contributed by atoms with Crippen LogP contribution in [-0.2, 0) is 4.79 Å². The number of hydrogen-bond donors (Lipinski definition) is 1. The lowest BCUT2D eigenvalue weighted by Gasteiger charge is -2.13. The van der Waals surface area contributed by atoms with Gasteiger partial charge in [-0.2, -0.15) is 9.78 Å². The van der Waals surface area contributed by atoms with Gasteiger partial charge in [0.2, 0.25) is 0 Å². The lowest BCUT2D eigenvalue weighted by Crippen LogP contribution is -2.23. The molecule has 0 spiro atoms. The van der Waals surface area contributed by atoms with Crippen LogP contribution in [0.1, 0.15) is 12.5 Å². The van der Waals surface area contributed by atoms with Crippen LogP contribution in [0.15, 0.2) is 82.7 Å². The number of rotatable bonds is 7. The number of benzene rings is 3. The summed E-state index contributed by atoms with van der Waals surface area (Å²) in [5.74, 6) is -0.873. The van der Waals surface area contributed by atoms with Crippen LogP contribution in [0.2, 0.25) is 0 Å². The molecular weight excluding hydrogens is 440 g/mol. The smallest absolute Gasteiger partial charge is 0.344 e. The Morgan fingerprint density at radius 2 is 1.85 bits per heavy atom. The van der Waals surface area contributed by atoms with Crippen molar-refractivity contribution in [1.82, 2.24) is 9.66 Å². The van der Waals surface area contributed by atoms with E-state index in [-0.39, 0.29) is 22.8 Å². The van der Waals surface area contributed by atoms with E-state index in [1.165, 1.54) is 31.3 Å². The zero-order valence-electron chi connectivity index (χ0n) is 17.9. The fraction of sp³-hybridized carbons (Fsp3) is 0.0833. The maximum absolute atomic E-state index is 13.3. The van der Waals surface area contributed by atoms with Gasteiger partial charge in [-0.15, -0.1) is 0 Å². The first-order valence-corrected chi connectivity index (χ1v) is 10.1. The van der Waals surface area contributed by atoms with Gasteiger partial charge in [0.25, 0.3) is 11.2 Å². The van der Waals surface area contributed by atoms with Crippen LogP contribution in [0.3, 0.4) is 0 Å². The summed E-state index contributed by atoms with van der Waals surface area (Å²) in [5.41, 5.74) is 0.572. The minimum atomic E-state index is -1.21. The summed E-state index contributed by atoms with van der Waals surface area (Å²) in [4.78, 5) is 39.7. The molecule has 0 saturated carbocycles. The summed E-state index contributed by atoms with van der Waals surface area (Å²) >= 11 is 0. The van der Waals surface area contributed by atoms with Gasteiger partial charge >= 0.3 is 5.97 Å². The Kier molecular flexibility index (Phi) is 6.13. The van der Waals surface area contributed by atoms with E-state index in [2.05, 4.69) is 10.1 Å². The number of para-hydroxylation sites is 1. The quantitative estimate of drug-likeness (QED) is 0.253. The molecule has 0 radical (unpaired) electrons. The Labute approximate surface area is 192 Å². The molecule has 1 heterocycles. The van der Waals surface area contributed by atoms with Gasteiger partial charge in [0.05, 0.1) is 22.0 Å². The van der Waals surface area contributed by atoms with Crippen LogP contribution >= 0.6 is 0 Å². The maximum atomic E-state index is 13.3. The Hall–Kier alpha value is -4.86. The van der Waals surface area contributed by atoms with Crippen molar-refractivity contribution < 1.29 is 19.6 Å². The minimum Gasteiger partial charge on any atom is -0.479 e. The molecule has 0 aliphatic carbocycles. The Bertz CT molecular complexity index is 1480. The van der Waals surface area contributed by atoms with Crippen molar-refractivity contribution >= 4 is 28.8 Å². The van der Waals surface area contributed by atoms with E-state index in [1.807, 2.05) is 6.07 Å². The summed E-state index contributed by atoms with van der Waals surface area (Å²) in [6.07, 6.45) is -0.000161. The molecule has 10 nitrogen and oxygen atoms in total. The first-order valence-electron chi connectivity index (χ1n) is 10.1. The normalized spacial score (nSPS) is 12.0. The number of nitrogens with zero attached hydrogens (tertiary/aromatic N) is 4. The number of carboxylic acids is 1. The number of ether oxygens (including phenoxy) is 1. The van der Waals surface area contributed by atoms with Crippen molar-refractivity contribution in [2.24, 2.45) is 5.10 Å². The Morgan fingerprint density at radius 1 is 1.15 bits per heavy atom. The minimum absolute atomic E-state index is 0.0623. The molecule has 170 valence electrons. The van der Waals surface area contributed by atoms with E-state index in [0.717, 1.165) is 4.68 Å². The number of carbonyl (C=O) groups is 1. The van der Waals surface area contributed by atoms with Crippen LogP contribution in [0.25, 0.3) is 22.3 Å². The van der Waals surface area contributed by atoms with Gasteiger partial charge in [-0.1, -0.05) is 42.5 Å². The topological polar surface area (TPSA) is 137 Å². The first-order chi connectivity index (χ1) is 16.3. The van der Waals surface area contributed by atoms with Crippen LogP contribution in [0.5, 0.6) is 5.75 Å². The van der Waals surface area contributed by atoms with Crippen molar-refractivity contribution in [3.8, 4) is 17.1 Å². The second-order valence-electron chi connectivity index (χ2n) is 7.26. The molecule has 4 rings (SSSR count). The molecule has 1 atom stereocenters. The highest BCUT2D eigenvalue weighted by atomic mass is 16.6. The molecule has 1 N–H and O–H groups in total. The van der Waals surface area contributed by atoms with E-state index < -0.39 is 22.6 Å². The third-order valence-electron chi connectivity index (χ3n) is 4.95. The average Bonchev–Trinajstić information content (AvgIpc) is 2.84. The van der Waals surface area contributed by atoms with Gasteiger partial charge in [-0.3, -0.25) is 14.9 Å². The SMILES string of the molecule is C[C@H](Oc1ccc([N+](=O)[O-])cc1C=Nn1c(-c2ccccc2)nc2ccccc2c1=O)C(=O)O. The number of hydrogen-bond acceptors (Lipinski definition) is 7. The van der Waals surface area contributed by atoms with Gasteiger partial charge in [0.15, 0.2) is 11.9 Å². The monoisotopic (exact) mass is 458 g/mol. The molecule has 0 fully saturated rings. The van der Waals surface area contributed by atoms with Crippen molar-refractivity contribution in [1.29, 1.82) is 0 Å². The van der Waals surface area contributed by atoms with Gasteiger partial charge in [-0.05, 0) is 25.1 Å². The van der Waals surface area contributed by atoms with E-state index in [9.17, 15) is 19.7 Å². The van der Waals surface area contributed by atoms with E-state index in [1.54, 1.807) is 48.5 Å². The second-order valence-corrected chi connectivity index (χ2v) is 7.26. The highest BCUT2D eigenvalue weighted by Gasteiger charge is 2.18. The van der Waals surface area contributed by atoms with E-state index in [0.29, 0.717) is 16.5 Å². The molecule has 0 aliphatic heterocycles. The molecule has 4 aromatic rings. The van der Waals surface area contributed by atoms with Gasteiger partial charge in [0, 0.05) is 23.3 Å². The summed E-state index contributed by atoms with van der Waals surface area (Å²) in [5, 5.41) is 25.1. The van der Waals surface area contributed by atoms with Crippen molar-refractivity contribution in [3.63, 3.8) is 0 Å². The van der Waals surface area contributed by atoms with Gasteiger partial charge < -0.3 is 9.84 Å². The fourth-order valence-corrected chi connectivity index (χ4v) is 3.22. The zero-order valence-corrected chi connectivity index (χ0v) is 17.9. The van der Waals surface area contributed by atoms with E-state index >= 15 is 0 Å². The Morgan fingerprint density at radius 3 is 2.56 bits per heavy atom. The largest absolute Gasteiger partial charge is 0.479 e. The first kappa shape index (κ1) is 22.3. The lowest BCUT2D eigenvalue weighted by molar-refractivity contribution is -0.384.